The van der Waals surface area contributed by atoms with Crippen LogP contribution in [0.4, 0.5) is 0 Å². The van der Waals surface area contributed by atoms with Crippen molar-refractivity contribution in [2.24, 2.45) is 4.99 Å². The molecular weight excluding hydrogens is 214 g/mol. The van der Waals surface area contributed by atoms with Crippen LogP contribution in [0.3, 0.4) is 0 Å². The highest BCUT2D eigenvalue weighted by atomic mass is 15.2. The van der Waals surface area contributed by atoms with Gasteiger partial charge in [-0.25, -0.2) is 4.98 Å². The molecule has 0 atom stereocenters. The first-order chi connectivity index (χ1) is 8.36. The van der Waals surface area contributed by atoms with Gasteiger partial charge >= 0.3 is 0 Å². The van der Waals surface area contributed by atoms with Crippen LogP contribution in [0.1, 0.15) is 13.3 Å². The van der Waals surface area contributed by atoms with Gasteiger partial charge in [0, 0.05) is 32.0 Å². The first kappa shape index (κ1) is 13.1. The van der Waals surface area contributed by atoms with Gasteiger partial charge in [-0.3, -0.25) is 4.99 Å². The van der Waals surface area contributed by atoms with Crippen molar-refractivity contribution in [3.05, 3.63) is 18.7 Å². The van der Waals surface area contributed by atoms with Gasteiger partial charge in [0.05, 0.1) is 12.9 Å². The van der Waals surface area contributed by atoms with Gasteiger partial charge in [-0.1, -0.05) is 5.92 Å². The zero-order valence-electron chi connectivity index (χ0n) is 10.2. The second kappa shape index (κ2) is 8.22. The van der Waals surface area contributed by atoms with Crippen molar-refractivity contribution < 1.29 is 0 Å². The third kappa shape index (κ3) is 5.61. The summed E-state index contributed by atoms with van der Waals surface area (Å²) in [6.45, 7) is 5.04. The molecule has 5 heteroatoms. The lowest BCUT2D eigenvalue weighted by Gasteiger charge is -2.08. The minimum atomic E-state index is 0.493. The predicted octanol–water partition coefficient (Wildman–Crippen LogP) is 0.461. The van der Waals surface area contributed by atoms with Gasteiger partial charge in [0.2, 0.25) is 0 Å². The van der Waals surface area contributed by atoms with Gasteiger partial charge in [0.1, 0.15) is 0 Å². The van der Waals surface area contributed by atoms with E-state index in [1.54, 1.807) is 6.20 Å². The fourth-order valence-electron chi connectivity index (χ4n) is 1.34. The third-order valence-corrected chi connectivity index (χ3v) is 2.11. The number of aryl methyl sites for hydroxylation is 1. The van der Waals surface area contributed by atoms with Crippen LogP contribution >= 0.6 is 0 Å². The Hall–Kier alpha value is -1.96. The van der Waals surface area contributed by atoms with Crippen LogP contribution in [0.25, 0.3) is 0 Å². The Balaban J connectivity index is 2.25. The molecule has 2 N–H and O–H groups in total. The van der Waals surface area contributed by atoms with E-state index >= 15 is 0 Å². The second-order valence-electron chi connectivity index (χ2n) is 3.47. The first-order valence-corrected chi connectivity index (χ1v) is 5.78. The Morgan fingerprint density at radius 1 is 1.53 bits per heavy atom. The third-order valence-electron chi connectivity index (χ3n) is 2.11. The summed E-state index contributed by atoms with van der Waals surface area (Å²) in [5.41, 5.74) is 0. The largest absolute Gasteiger partial charge is 0.357 e. The topological polar surface area (TPSA) is 54.2 Å². The average Bonchev–Trinajstić information content (AvgIpc) is 2.84. The maximum Gasteiger partial charge on any atom is 0.192 e. The van der Waals surface area contributed by atoms with E-state index in [9.17, 15) is 0 Å². The van der Waals surface area contributed by atoms with E-state index in [2.05, 4.69) is 26.5 Å². The maximum absolute atomic E-state index is 5.19. The first-order valence-electron chi connectivity index (χ1n) is 5.78. The molecule has 5 nitrogen and oxygen atoms in total. The summed E-state index contributed by atoms with van der Waals surface area (Å²) < 4.78 is 2.04. The Bertz CT molecular complexity index is 361. The molecule has 1 aromatic rings. The quantitative estimate of drug-likeness (QED) is 0.325. The van der Waals surface area contributed by atoms with Crippen LogP contribution in [-0.2, 0) is 6.54 Å². The van der Waals surface area contributed by atoms with Crippen molar-refractivity contribution in [1.29, 1.82) is 0 Å². The molecule has 0 fully saturated rings. The Morgan fingerprint density at radius 3 is 3.06 bits per heavy atom. The highest BCUT2D eigenvalue weighted by molar-refractivity contribution is 5.79. The van der Waals surface area contributed by atoms with Crippen LogP contribution in [0.15, 0.2) is 23.7 Å². The zero-order chi connectivity index (χ0) is 12.3. The summed E-state index contributed by atoms with van der Waals surface area (Å²) in [6.07, 6.45) is 11.7. The van der Waals surface area contributed by atoms with Gasteiger partial charge in [0.25, 0.3) is 0 Å². The molecule has 0 unspecified atom stereocenters. The summed E-state index contributed by atoms with van der Waals surface area (Å²) in [7, 11) is 0. The number of aromatic nitrogens is 2. The average molecular weight is 233 g/mol. The minimum Gasteiger partial charge on any atom is -0.357 e. The van der Waals surface area contributed by atoms with Gasteiger partial charge in [-0.15, -0.1) is 6.42 Å². The summed E-state index contributed by atoms with van der Waals surface area (Å²) in [6, 6.07) is 0. The molecule has 0 aliphatic rings. The Labute approximate surface area is 102 Å². The normalized spacial score (nSPS) is 10.9. The number of rotatable bonds is 6. The van der Waals surface area contributed by atoms with Crippen LogP contribution in [0, 0.1) is 12.3 Å². The molecule has 0 aliphatic heterocycles. The molecule has 0 saturated heterocycles. The van der Waals surface area contributed by atoms with Crippen molar-refractivity contribution >= 4 is 5.96 Å². The number of nitrogens with zero attached hydrogens (tertiary/aromatic N) is 3. The van der Waals surface area contributed by atoms with Crippen molar-refractivity contribution in [3.8, 4) is 12.3 Å². The fraction of sp³-hybridized carbons (Fsp3) is 0.500. The summed E-state index contributed by atoms with van der Waals surface area (Å²) in [5.74, 6) is 3.30. The highest BCUT2D eigenvalue weighted by Gasteiger charge is 1.94. The van der Waals surface area contributed by atoms with Crippen molar-refractivity contribution in [1.82, 2.24) is 20.2 Å². The zero-order valence-corrected chi connectivity index (χ0v) is 10.2. The summed E-state index contributed by atoms with van der Waals surface area (Å²) in [5, 5.41) is 6.18. The second-order valence-corrected chi connectivity index (χ2v) is 3.47. The number of terminal acetylenes is 1. The Kier molecular flexibility index (Phi) is 6.34. The van der Waals surface area contributed by atoms with Crippen molar-refractivity contribution in [3.63, 3.8) is 0 Å². The van der Waals surface area contributed by atoms with Crippen LogP contribution in [0.2, 0.25) is 0 Å². The van der Waals surface area contributed by atoms with Gasteiger partial charge in [0.15, 0.2) is 5.96 Å². The molecule has 0 radical (unpaired) electrons. The van der Waals surface area contributed by atoms with Crippen LogP contribution in [0.5, 0.6) is 0 Å². The predicted molar refractivity (Wildman–Crippen MR) is 69.7 cm³/mol. The standard InChI is InChI=1S/C12H19N5/c1-3-6-15-12(14-4-2)16-7-5-9-17-10-8-13-11-17/h1,8,10-11H,4-7,9H2,2H3,(H2,14,15,16). The molecule has 0 aromatic carbocycles. The number of imidazole rings is 1. The monoisotopic (exact) mass is 233 g/mol. The maximum atomic E-state index is 5.19. The molecule has 0 amide bonds. The molecular formula is C12H19N5. The molecule has 17 heavy (non-hydrogen) atoms. The van der Waals surface area contributed by atoms with E-state index in [1.807, 2.05) is 24.0 Å². The number of guanidine groups is 1. The minimum absolute atomic E-state index is 0.493. The number of nitrogens with one attached hydrogen (secondary N) is 2. The number of aliphatic imine (C=N–C) groups is 1. The molecule has 1 rings (SSSR count). The number of hydrogen-bond donors (Lipinski definition) is 2. The summed E-state index contributed by atoms with van der Waals surface area (Å²) in [4.78, 5) is 8.40. The number of hydrogen-bond acceptors (Lipinski definition) is 2. The van der Waals surface area contributed by atoms with E-state index in [1.165, 1.54) is 0 Å². The Morgan fingerprint density at radius 2 is 2.41 bits per heavy atom. The summed E-state index contributed by atoms with van der Waals surface area (Å²) >= 11 is 0. The lowest BCUT2D eigenvalue weighted by atomic mass is 10.4. The van der Waals surface area contributed by atoms with Gasteiger partial charge in [-0.05, 0) is 13.3 Å². The smallest absolute Gasteiger partial charge is 0.192 e. The van der Waals surface area contributed by atoms with E-state index in [0.717, 1.165) is 32.0 Å². The van der Waals surface area contributed by atoms with Crippen molar-refractivity contribution in [2.75, 3.05) is 19.6 Å². The lowest BCUT2D eigenvalue weighted by Crippen LogP contribution is -2.37. The molecule has 0 bridgehead atoms. The van der Waals surface area contributed by atoms with E-state index in [-0.39, 0.29) is 0 Å². The SMILES string of the molecule is C#CCNC(=NCCCn1ccnc1)NCC. The van der Waals surface area contributed by atoms with E-state index < -0.39 is 0 Å². The molecule has 1 aromatic heterocycles. The molecule has 0 spiro atoms. The molecule has 1 heterocycles. The van der Waals surface area contributed by atoms with Crippen LogP contribution < -0.4 is 10.6 Å². The fourth-order valence-corrected chi connectivity index (χ4v) is 1.34. The molecule has 0 saturated carbocycles. The van der Waals surface area contributed by atoms with Crippen molar-refractivity contribution in [2.45, 2.75) is 19.9 Å². The van der Waals surface area contributed by atoms with E-state index in [0.29, 0.717) is 6.54 Å². The van der Waals surface area contributed by atoms with Gasteiger partial charge < -0.3 is 15.2 Å². The molecule has 92 valence electrons. The van der Waals surface area contributed by atoms with E-state index in [4.69, 9.17) is 6.42 Å². The highest BCUT2D eigenvalue weighted by Crippen LogP contribution is 1.90. The lowest BCUT2D eigenvalue weighted by molar-refractivity contribution is 0.648. The molecule has 0 aliphatic carbocycles. The van der Waals surface area contributed by atoms with Gasteiger partial charge in [-0.2, -0.15) is 0 Å². The van der Waals surface area contributed by atoms with Crippen LogP contribution in [-0.4, -0.2) is 35.1 Å².